The van der Waals surface area contributed by atoms with Gasteiger partial charge in [-0.05, 0) is 25.0 Å². The number of aliphatic hydroxyl groups excluding tert-OH is 1. The Kier molecular flexibility index (Phi) is 14.3. The van der Waals surface area contributed by atoms with Crippen LogP contribution in [0.2, 0.25) is 0 Å². The van der Waals surface area contributed by atoms with Gasteiger partial charge in [0, 0.05) is 10.6 Å². The molecule has 1 aromatic rings. The number of unbranched alkanes of at least 4 members (excludes halogenated alkanes) is 7. The van der Waals surface area contributed by atoms with Gasteiger partial charge in [0.1, 0.15) is 17.1 Å². The molecule has 0 saturated carbocycles. The minimum Gasteiger partial charge on any atom is -0.481 e. The Morgan fingerprint density at radius 2 is 1.93 bits per heavy atom. The van der Waals surface area contributed by atoms with E-state index in [9.17, 15) is 9.90 Å². The van der Waals surface area contributed by atoms with Gasteiger partial charge >= 0.3 is 5.97 Å². The number of carboxylic acids is 1. The first-order valence-corrected chi connectivity index (χ1v) is 12.3. The maximum atomic E-state index is 10.8. The topological polar surface area (TPSA) is 81.3 Å². The minimum absolute atomic E-state index is 0.0592. The van der Waals surface area contributed by atoms with E-state index in [1.165, 1.54) is 68.0 Å². The molecule has 6 heteroatoms. The summed E-state index contributed by atoms with van der Waals surface area (Å²) in [6.07, 6.45) is 17.4. The number of carboxylic acid groups (broad SMARTS) is 1. The summed E-state index contributed by atoms with van der Waals surface area (Å²) >= 11 is 2.70. The van der Waals surface area contributed by atoms with E-state index in [0.717, 1.165) is 11.3 Å². The summed E-state index contributed by atoms with van der Waals surface area (Å²) in [4.78, 5) is 12.1. The van der Waals surface area contributed by atoms with Crippen LogP contribution in [0.3, 0.4) is 0 Å². The molecule has 0 aromatic carbocycles. The molecule has 0 amide bonds. The summed E-state index contributed by atoms with van der Waals surface area (Å²) in [5.74, 6) is -0.410. The van der Waals surface area contributed by atoms with Gasteiger partial charge in [0.15, 0.2) is 0 Å². The van der Waals surface area contributed by atoms with Crippen molar-refractivity contribution in [2.45, 2.75) is 76.1 Å². The van der Waals surface area contributed by atoms with Crippen molar-refractivity contribution in [1.82, 2.24) is 0 Å². The zero-order chi connectivity index (χ0) is 21.3. The Morgan fingerprint density at radius 1 is 1.21 bits per heavy atom. The number of carbonyl (C=O) groups is 1. The van der Waals surface area contributed by atoms with Crippen molar-refractivity contribution in [3.8, 4) is 6.07 Å². The Morgan fingerprint density at radius 3 is 2.59 bits per heavy atom. The molecule has 0 radical (unpaired) electrons. The lowest BCUT2D eigenvalue weighted by Gasteiger charge is -2.18. The molecule has 0 bridgehead atoms. The fraction of sp³-hybridized carbons (Fsp3) is 0.565. The number of nitriles is 1. The number of rotatable bonds is 16. The van der Waals surface area contributed by atoms with Gasteiger partial charge in [-0.1, -0.05) is 69.8 Å². The molecular formula is C23H33NO3S2. The Labute approximate surface area is 183 Å². The number of hydrogen-bond donors (Lipinski definition) is 2. The van der Waals surface area contributed by atoms with Crippen LogP contribution in [0.5, 0.6) is 0 Å². The van der Waals surface area contributed by atoms with Gasteiger partial charge in [-0.25, -0.2) is 0 Å². The van der Waals surface area contributed by atoms with Crippen LogP contribution in [0, 0.1) is 11.3 Å². The number of aliphatic carboxylic acids is 1. The molecule has 2 atom stereocenters. The smallest absolute Gasteiger partial charge is 0.304 e. The normalized spacial score (nSPS) is 13.7. The monoisotopic (exact) mass is 435 g/mol. The number of aliphatic hydroxyl groups is 1. The van der Waals surface area contributed by atoms with Gasteiger partial charge in [0.2, 0.25) is 0 Å². The molecule has 1 rings (SSSR count). The quantitative estimate of drug-likeness (QED) is 0.229. The molecule has 4 nitrogen and oxygen atoms in total. The molecule has 0 aliphatic carbocycles. The van der Waals surface area contributed by atoms with Crippen LogP contribution in [0.1, 0.15) is 80.6 Å². The lowest BCUT2D eigenvalue weighted by atomic mass is 10.1. The second kappa shape index (κ2) is 16.3. The van der Waals surface area contributed by atoms with Crippen molar-refractivity contribution < 1.29 is 15.0 Å². The van der Waals surface area contributed by atoms with E-state index in [1.54, 1.807) is 12.1 Å². The lowest BCUT2D eigenvalue weighted by Crippen LogP contribution is -2.13. The van der Waals surface area contributed by atoms with E-state index in [4.69, 9.17) is 10.4 Å². The van der Waals surface area contributed by atoms with Crippen molar-refractivity contribution in [2.75, 3.05) is 5.75 Å². The third-order valence-electron chi connectivity index (χ3n) is 4.49. The Bertz CT molecular complexity index is 676. The summed E-state index contributed by atoms with van der Waals surface area (Å²) in [5, 5.41) is 28.3. The summed E-state index contributed by atoms with van der Waals surface area (Å²) in [5.41, 5.74) is 0. The van der Waals surface area contributed by atoms with Gasteiger partial charge in [-0.2, -0.15) is 17.0 Å². The zero-order valence-electron chi connectivity index (χ0n) is 17.3. The third kappa shape index (κ3) is 11.9. The van der Waals surface area contributed by atoms with Crippen LogP contribution in [0.15, 0.2) is 36.4 Å². The summed E-state index contributed by atoms with van der Waals surface area (Å²) < 4.78 is 0. The van der Waals surface area contributed by atoms with Crippen LogP contribution in [0.4, 0.5) is 0 Å². The molecule has 29 heavy (non-hydrogen) atoms. The highest BCUT2D eigenvalue weighted by Crippen LogP contribution is 2.32. The second-order valence-corrected chi connectivity index (χ2v) is 9.36. The predicted octanol–water partition coefficient (Wildman–Crippen LogP) is 6.48. The summed E-state index contributed by atoms with van der Waals surface area (Å²) in [7, 11) is 0. The maximum absolute atomic E-state index is 10.8. The van der Waals surface area contributed by atoms with Crippen molar-refractivity contribution in [3.05, 3.63) is 46.2 Å². The summed E-state index contributed by atoms with van der Waals surface area (Å²) in [6.45, 7) is 2.23. The minimum atomic E-state index is -0.841. The molecule has 0 saturated heterocycles. The van der Waals surface area contributed by atoms with E-state index in [0.29, 0.717) is 10.6 Å². The fourth-order valence-corrected chi connectivity index (χ4v) is 4.86. The average molecular weight is 436 g/mol. The molecule has 0 fully saturated rings. The lowest BCUT2D eigenvalue weighted by molar-refractivity contribution is -0.136. The van der Waals surface area contributed by atoms with Crippen molar-refractivity contribution >= 4 is 29.1 Å². The van der Waals surface area contributed by atoms with Crippen LogP contribution in [-0.2, 0) is 4.79 Å². The first-order valence-electron chi connectivity index (χ1n) is 10.4. The van der Waals surface area contributed by atoms with E-state index < -0.39 is 12.1 Å². The van der Waals surface area contributed by atoms with Crippen molar-refractivity contribution in [3.63, 3.8) is 0 Å². The Hall–Kier alpha value is -1.55. The fourth-order valence-electron chi connectivity index (χ4n) is 2.84. The molecule has 0 spiro atoms. The molecule has 0 aliphatic heterocycles. The average Bonchev–Trinajstić information content (AvgIpc) is 3.19. The van der Waals surface area contributed by atoms with Gasteiger partial charge in [-0.3, -0.25) is 4.79 Å². The highest BCUT2D eigenvalue weighted by Gasteiger charge is 2.21. The van der Waals surface area contributed by atoms with Gasteiger partial charge in [-0.15, -0.1) is 11.3 Å². The standard InChI is InChI=1S/C23H33NO3S2/c1-2-3-4-5-6-7-8-9-10-11-12-13-20(28-17-16-22(25)26)23(27)21-15-14-19(18-24)29-21/h10-15,20,23,27H,2-9,16-17H2,1H3,(H,25,26)/b11-10-,13-12+/t20-,23+/m1/s1. The molecule has 1 aromatic heterocycles. The number of hydrogen-bond acceptors (Lipinski definition) is 5. The molecule has 0 aliphatic rings. The van der Waals surface area contributed by atoms with Gasteiger partial charge in [0.25, 0.3) is 0 Å². The van der Waals surface area contributed by atoms with Crippen LogP contribution < -0.4 is 0 Å². The molecule has 160 valence electrons. The number of thioether (sulfide) groups is 1. The van der Waals surface area contributed by atoms with E-state index >= 15 is 0 Å². The van der Waals surface area contributed by atoms with E-state index in [-0.39, 0.29) is 11.7 Å². The molecule has 2 N–H and O–H groups in total. The van der Waals surface area contributed by atoms with Crippen LogP contribution in [-0.4, -0.2) is 27.2 Å². The maximum Gasteiger partial charge on any atom is 0.304 e. The first-order chi connectivity index (χ1) is 14.1. The highest BCUT2D eigenvalue weighted by molar-refractivity contribution is 8.00. The predicted molar refractivity (Wildman–Crippen MR) is 123 cm³/mol. The SMILES string of the molecule is CCCCCCCCC/C=C\C=C\[C@@H](SCCC(=O)O)[C@H](O)c1ccc(C#N)s1. The molecule has 1 heterocycles. The van der Waals surface area contributed by atoms with Crippen LogP contribution in [0.25, 0.3) is 0 Å². The second-order valence-electron chi connectivity index (χ2n) is 6.96. The third-order valence-corrected chi connectivity index (χ3v) is 6.79. The van der Waals surface area contributed by atoms with E-state index in [2.05, 4.69) is 19.1 Å². The highest BCUT2D eigenvalue weighted by atomic mass is 32.2. The first kappa shape index (κ1) is 25.5. The Balaban J connectivity index is 2.46. The largest absolute Gasteiger partial charge is 0.481 e. The molecule has 0 unspecified atom stereocenters. The van der Waals surface area contributed by atoms with Crippen LogP contribution >= 0.6 is 23.1 Å². The number of thiophene rings is 1. The van der Waals surface area contributed by atoms with Crippen molar-refractivity contribution in [1.29, 1.82) is 5.26 Å². The van der Waals surface area contributed by atoms with Gasteiger partial charge < -0.3 is 10.2 Å². The summed E-state index contributed by atoms with van der Waals surface area (Å²) in [6, 6.07) is 5.55. The number of allylic oxidation sites excluding steroid dienone is 3. The van der Waals surface area contributed by atoms with E-state index in [1.807, 2.05) is 18.2 Å². The van der Waals surface area contributed by atoms with Crippen molar-refractivity contribution in [2.24, 2.45) is 0 Å². The number of nitrogens with zero attached hydrogens (tertiary/aromatic N) is 1. The molecular weight excluding hydrogens is 402 g/mol. The van der Waals surface area contributed by atoms with Gasteiger partial charge in [0.05, 0.1) is 11.7 Å². The zero-order valence-corrected chi connectivity index (χ0v) is 18.9.